The molecule has 0 bridgehead atoms. The highest BCUT2D eigenvalue weighted by Gasteiger charge is 2.35. The molecule has 1 saturated carbocycles. The summed E-state index contributed by atoms with van der Waals surface area (Å²) >= 11 is 4.39. The van der Waals surface area contributed by atoms with E-state index in [1.165, 1.54) is 28.4 Å². The number of rotatable bonds is 5. The van der Waals surface area contributed by atoms with E-state index in [-0.39, 0.29) is 0 Å². The van der Waals surface area contributed by atoms with E-state index in [0.29, 0.717) is 10.8 Å². The molecule has 1 atom stereocenters. The highest BCUT2D eigenvalue weighted by atomic mass is 127. The van der Waals surface area contributed by atoms with E-state index < -0.39 is 0 Å². The van der Waals surface area contributed by atoms with Crippen molar-refractivity contribution in [1.29, 1.82) is 0 Å². The lowest BCUT2D eigenvalue weighted by Gasteiger charge is -2.41. The Bertz CT molecular complexity index is 353. The Hall–Kier alpha value is 0.260. The highest BCUT2D eigenvalue weighted by Crippen LogP contribution is 2.42. The van der Waals surface area contributed by atoms with E-state index in [1.807, 2.05) is 11.8 Å². The molecule has 17 heavy (non-hydrogen) atoms. The Morgan fingerprint density at radius 1 is 1.35 bits per heavy atom. The minimum absolute atomic E-state index is 0.455. The predicted octanol–water partition coefficient (Wildman–Crippen LogP) is 4.23. The van der Waals surface area contributed by atoms with Gasteiger partial charge >= 0.3 is 0 Å². The van der Waals surface area contributed by atoms with Crippen LogP contribution >= 0.6 is 34.4 Å². The number of halogens is 1. The Kier molecular flexibility index (Phi) is 4.78. The maximum absolute atomic E-state index is 3.69. The van der Waals surface area contributed by atoms with Crippen molar-refractivity contribution >= 4 is 34.4 Å². The van der Waals surface area contributed by atoms with E-state index >= 15 is 0 Å². The molecule has 1 N–H and O–H groups in total. The monoisotopic (exact) mass is 361 g/mol. The summed E-state index contributed by atoms with van der Waals surface area (Å²) in [5, 5.41) is 3.69. The Morgan fingerprint density at radius 3 is 2.47 bits per heavy atom. The maximum atomic E-state index is 3.69. The van der Waals surface area contributed by atoms with Crippen molar-refractivity contribution in [2.45, 2.75) is 37.0 Å². The number of hydrogen-bond acceptors (Lipinski definition) is 2. The van der Waals surface area contributed by atoms with E-state index in [0.717, 1.165) is 6.54 Å². The highest BCUT2D eigenvalue weighted by molar-refractivity contribution is 14.1. The van der Waals surface area contributed by atoms with Crippen LogP contribution in [0.3, 0.4) is 0 Å². The zero-order chi connectivity index (χ0) is 12.3. The Balaban J connectivity index is 1.88. The summed E-state index contributed by atoms with van der Waals surface area (Å²) in [6.07, 6.45) is 6.40. The normalized spacial score (nSPS) is 19.7. The van der Waals surface area contributed by atoms with E-state index in [4.69, 9.17) is 0 Å². The van der Waals surface area contributed by atoms with E-state index in [1.54, 1.807) is 0 Å². The molecule has 1 nitrogen and oxygen atoms in total. The van der Waals surface area contributed by atoms with Crippen molar-refractivity contribution < 1.29 is 0 Å². The van der Waals surface area contributed by atoms with Gasteiger partial charge in [0.1, 0.15) is 0 Å². The third-order valence-electron chi connectivity index (χ3n) is 3.80. The summed E-state index contributed by atoms with van der Waals surface area (Å²) in [4.78, 5) is 0. The van der Waals surface area contributed by atoms with Crippen molar-refractivity contribution in [3.05, 3.63) is 33.4 Å². The smallest absolute Gasteiger partial charge is 0.0292 e. The molecule has 0 amide bonds. The predicted molar refractivity (Wildman–Crippen MR) is 85.7 cm³/mol. The first kappa shape index (κ1) is 13.7. The summed E-state index contributed by atoms with van der Waals surface area (Å²) in [6.45, 7) is 3.40. The van der Waals surface area contributed by atoms with Crippen LogP contribution in [-0.2, 0) is 0 Å². The van der Waals surface area contributed by atoms with Gasteiger partial charge in [0.25, 0.3) is 0 Å². The van der Waals surface area contributed by atoms with Crippen LogP contribution in [-0.4, -0.2) is 17.5 Å². The van der Waals surface area contributed by atoms with Gasteiger partial charge < -0.3 is 5.32 Å². The third-order valence-corrected chi connectivity index (χ3v) is 5.94. The van der Waals surface area contributed by atoms with Gasteiger partial charge in [-0.15, -0.1) is 0 Å². The standard InChI is InChI=1S/C14H20INS/c1-11(12-4-6-13(15)7-5-12)16-10-14(17-2)8-3-9-14/h4-7,11,16H,3,8-10H2,1-2H3. The molecule has 0 saturated heterocycles. The van der Waals surface area contributed by atoms with Gasteiger partial charge in [0, 0.05) is 20.9 Å². The average molecular weight is 361 g/mol. The molecule has 1 aromatic rings. The number of benzene rings is 1. The van der Waals surface area contributed by atoms with Crippen molar-refractivity contribution in [2.24, 2.45) is 0 Å². The van der Waals surface area contributed by atoms with Gasteiger partial charge in [-0.25, -0.2) is 0 Å². The molecule has 0 aliphatic heterocycles. The van der Waals surface area contributed by atoms with E-state index in [2.05, 4.69) is 65.4 Å². The summed E-state index contributed by atoms with van der Waals surface area (Å²) in [6, 6.07) is 9.28. The zero-order valence-electron chi connectivity index (χ0n) is 10.5. The molecule has 0 heterocycles. The first-order valence-electron chi connectivity index (χ1n) is 6.19. The van der Waals surface area contributed by atoms with Gasteiger partial charge in [0.05, 0.1) is 0 Å². The van der Waals surface area contributed by atoms with Crippen LogP contribution in [0.4, 0.5) is 0 Å². The lowest BCUT2D eigenvalue weighted by molar-refractivity contribution is 0.334. The van der Waals surface area contributed by atoms with Crippen LogP contribution in [0.1, 0.15) is 37.8 Å². The van der Waals surface area contributed by atoms with Crippen LogP contribution in [0.15, 0.2) is 24.3 Å². The summed E-state index contributed by atoms with van der Waals surface area (Å²) < 4.78 is 1.83. The minimum Gasteiger partial charge on any atom is -0.309 e. The number of nitrogens with one attached hydrogen (secondary N) is 1. The SMILES string of the molecule is CSC1(CNC(C)c2ccc(I)cc2)CCC1. The second-order valence-electron chi connectivity index (χ2n) is 4.89. The molecule has 94 valence electrons. The van der Waals surface area contributed by atoms with Gasteiger partial charge in [0.2, 0.25) is 0 Å². The summed E-state index contributed by atoms with van der Waals surface area (Å²) in [5.41, 5.74) is 1.39. The molecule has 1 aliphatic rings. The van der Waals surface area contributed by atoms with Gasteiger partial charge in [0.15, 0.2) is 0 Å². The van der Waals surface area contributed by atoms with Crippen molar-refractivity contribution in [3.63, 3.8) is 0 Å². The van der Waals surface area contributed by atoms with Crippen LogP contribution in [0.5, 0.6) is 0 Å². The van der Waals surface area contributed by atoms with Crippen molar-refractivity contribution in [3.8, 4) is 0 Å². The van der Waals surface area contributed by atoms with Crippen LogP contribution in [0, 0.1) is 3.57 Å². The zero-order valence-corrected chi connectivity index (χ0v) is 13.5. The van der Waals surface area contributed by atoms with Crippen LogP contribution in [0.2, 0.25) is 0 Å². The van der Waals surface area contributed by atoms with Gasteiger partial charge in [-0.05, 0) is 66.3 Å². The molecule has 1 aromatic carbocycles. The molecular formula is C14H20INS. The van der Waals surface area contributed by atoms with Gasteiger partial charge in [-0.2, -0.15) is 11.8 Å². The largest absolute Gasteiger partial charge is 0.309 e. The molecule has 1 fully saturated rings. The third kappa shape index (κ3) is 3.38. The lowest BCUT2D eigenvalue weighted by Crippen LogP contribution is -2.43. The lowest BCUT2D eigenvalue weighted by atomic mass is 9.84. The number of thioether (sulfide) groups is 1. The molecular weight excluding hydrogens is 341 g/mol. The van der Waals surface area contributed by atoms with Gasteiger partial charge in [-0.3, -0.25) is 0 Å². The van der Waals surface area contributed by atoms with Crippen molar-refractivity contribution in [1.82, 2.24) is 5.32 Å². The maximum Gasteiger partial charge on any atom is 0.0292 e. The van der Waals surface area contributed by atoms with Crippen LogP contribution < -0.4 is 5.32 Å². The second kappa shape index (κ2) is 5.93. The number of hydrogen-bond donors (Lipinski definition) is 1. The molecule has 1 aliphatic carbocycles. The molecule has 3 heteroatoms. The quantitative estimate of drug-likeness (QED) is 0.788. The first-order valence-corrected chi connectivity index (χ1v) is 8.50. The fraction of sp³-hybridized carbons (Fsp3) is 0.571. The summed E-state index contributed by atoms with van der Waals surface area (Å²) in [7, 11) is 0. The van der Waals surface area contributed by atoms with Crippen molar-refractivity contribution in [2.75, 3.05) is 12.8 Å². The fourth-order valence-corrected chi connectivity index (χ4v) is 3.52. The molecule has 1 unspecified atom stereocenters. The second-order valence-corrected chi connectivity index (χ2v) is 7.41. The van der Waals surface area contributed by atoms with Crippen LogP contribution in [0.25, 0.3) is 0 Å². The first-order chi connectivity index (χ1) is 8.15. The minimum atomic E-state index is 0.455. The summed E-state index contributed by atoms with van der Waals surface area (Å²) in [5.74, 6) is 0. The molecule has 0 aromatic heterocycles. The van der Waals surface area contributed by atoms with E-state index in [9.17, 15) is 0 Å². The fourth-order valence-electron chi connectivity index (χ4n) is 2.23. The molecule has 0 spiro atoms. The topological polar surface area (TPSA) is 12.0 Å². The average Bonchev–Trinajstić information content (AvgIpc) is 2.29. The van der Waals surface area contributed by atoms with Gasteiger partial charge in [-0.1, -0.05) is 18.6 Å². The Morgan fingerprint density at radius 2 is 2.00 bits per heavy atom. The molecule has 2 rings (SSSR count). The Labute approximate surface area is 122 Å². The molecule has 0 radical (unpaired) electrons.